The van der Waals surface area contributed by atoms with E-state index in [-0.39, 0.29) is 17.1 Å². The molecule has 2 rings (SSSR count). The molecule has 0 bridgehead atoms. The number of carbonyl (C=O) groups is 2. The smallest absolute Gasteiger partial charge is 0.328 e. The summed E-state index contributed by atoms with van der Waals surface area (Å²) in [5.41, 5.74) is 3.28. The molecule has 126 valence electrons. The maximum absolute atomic E-state index is 12.7. The number of hydrogen-bond acceptors (Lipinski definition) is 2. The first-order valence-corrected chi connectivity index (χ1v) is 8.11. The molecule has 0 saturated carbocycles. The second-order valence-corrected chi connectivity index (χ2v) is 7.08. The van der Waals surface area contributed by atoms with E-state index >= 15 is 0 Å². The van der Waals surface area contributed by atoms with E-state index < -0.39 is 5.97 Å². The number of Topliss-reactive ketones (excluding diaryl/α,β-unsaturated/α-hetero) is 1. The van der Waals surface area contributed by atoms with Crippen molar-refractivity contribution in [1.82, 2.24) is 0 Å². The Labute approximate surface area is 143 Å². The van der Waals surface area contributed by atoms with Crippen LogP contribution in [0.3, 0.4) is 0 Å². The SMILES string of the molecule is CC1=C(c2ccccc2)C(=O)CC(C)(C)C1/C=C/C(C)=C\C(=O)O. The maximum atomic E-state index is 12.7. The van der Waals surface area contributed by atoms with E-state index in [4.69, 9.17) is 5.11 Å². The molecule has 1 atom stereocenters. The largest absolute Gasteiger partial charge is 0.478 e. The summed E-state index contributed by atoms with van der Waals surface area (Å²) >= 11 is 0. The summed E-state index contributed by atoms with van der Waals surface area (Å²) in [5, 5.41) is 8.84. The summed E-state index contributed by atoms with van der Waals surface area (Å²) in [4.78, 5) is 23.4. The number of carboxylic acid groups (broad SMARTS) is 1. The highest BCUT2D eigenvalue weighted by Crippen LogP contribution is 2.45. The maximum Gasteiger partial charge on any atom is 0.328 e. The van der Waals surface area contributed by atoms with Gasteiger partial charge in [0.2, 0.25) is 0 Å². The van der Waals surface area contributed by atoms with Gasteiger partial charge in [0.05, 0.1) is 0 Å². The van der Waals surface area contributed by atoms with Crippen molar-refractivity contribution >= 4 is 17.3 Å². The Balaban J connectivity index is 2.47. The van der Waals surface area contributed by atoms with E-state index in [0.717, 1.165) is 16.7 Å². The number of carbonyl (C=O) groups excluding carboxylic acids is 1. The Morgan fingerprint density at radius 1 is 1.25 bits per heavy atom. The Morgan fingerprint density at radius 2 is 1.88 bits per heavy atom. The van der Waals surface area contributed by atoms with E-state index in [2.05, 4.69) is 13.8 Å². The fourth-order valence-corrected chi connectivity index (χ4v) is 3.46. The lowest BCUT2D eigenvalue weighted by Gasteiger charge is -2.38. The number of rotatable bonds is 4. The highest BCUT2D eigenvalue weighted by molar-refractivity contribution is 6.22. The van der Waals surface area contributed by atoms with Crippen molar-refractivity contribution in [1.29, 1.82) is 0 Å². The van der Waals surface area contributed by atoms with Crippen molar-refractivity contribution in [3.05, 3.63) is 65.3 Å². The number of hydrogen-bond donors (Lipinski definition) is 1. The van der Waals surface area contributed by atoms with Crippen LogP contribution >= 0.6 is 0 Å². The Kier molecular flexibility index (Phi) is 5.23. The summed E-state index contributed by atoms with van der Waals surface area (Å²) in [6, 6.07) is 9.74. The molecule has 1 aliphatic carbocycles. The van der Waals surface area contributed by atoms with Gasteiger partial charge in [-0.25, -0.2) is 4.79 Å². The molecule has 3 nitrogen and oxygen atoms in total. The average Bonchev–Trinajstić information content (AvgIpc) is 2.46. The molecule has 0 fully saturated rings. The molecular weight excluding hydrogens is 300 g/mol. The first-order chi connectivity index (χ1) is 11.2. The van der Waals surface area contributed by atoms with Crippen LogP contribution in [0.5, 0.6) is 0 Å². The van der Waals surface area contributed by atoms with Gasteiger partial charge in [-0.1, -0.05) is 61.9 Å². The van der Waals surface area contributed by atoms with E-state index in [1.165, 1.54) is 6.08 Å². The molecule has 0 heterocycles. The fraction of sp³-hybridized carbons (Fsp3) is 0.333. The minimum atomic E-state index is -0.951. The van der Waals surface area contributed by atoms with Crippen molar-refractivity contribution in [2.45, 2.75) is 34.1 Å². The number of benzene rings is 1. The molecule has 0 amide bonds. The number of allylic oxidation sites excluding steroid dienone is 5. The fourth-order valence-electron chi connectivity index (χ4n) is 3.46. The van der Waals surface area contributed by atoms with Crippen LogP contribution < -0.4 is 0 Å². The zero-order valence-electron chi connectivity index (χ0n) is 14.7. The number of ketones is 1. The predicted molar refractivity (Wildman–Crippen MR) is 96.5 cm³/mol. The van der Waals surface area contributed by atoms with Crippen molar-refractivity contribution < 1.29 is 14.7 Å². The van der Waals surface area contributed by atoms with Crippen molar-refractivity contribution in [2.75, 3.05) is 0 Å². The zero-order valence-corrected chi connectivity index (χ0v) is 14.7. The normalized spacial score (nSPS) is 21.4. The highest BCUT2D eigenvalue weighted by Gasteiger charge is 2.38. The topological polar surface area (TPSA) is 54.4 Å². The van der Waals surface area contributed by atoms with E-state index in [1.807, 2.05) is 49.4 Å². The van der Waals surface area contributed by atoms with Crippen LogP contribution in [-0.4, -0.2) is 16.9 Å². The number of carboxylic acids is 1. The van der Waals surface area contributed by atoms with Gasteiger partial charge in [-0.15, -0.1) is 0 Å². The quantitative estimate of drug-likeness (QED) is 0.647. The lowest BCUT2D eigenvalue weighted by molar-refractivity contribution is -0.131. The molecule has 1 aromatic carbocycles. The van der Waals surface area contributed by atoms with E-state index in [1.54, 1.807) is 6.92 Å². The van der Waals surface area contributed by atoms with Crippen molar-refractivity contribution in [3.63, 3.8) is 0 Å². The van der Waals surface area contributed by atoms with Crippen LogP contribution in [0.4, 0.5) is 0 Å². The van der Waals surface area contributed by atoms with Crippen LogP contribution in [0, 0.1) is 11.3 Å². The second-order valence-electron chi connectivity index (χ2n) is 7.08. The molecule has 1 unspecified atom stereocenters. The van der Waals surface area contributed by atoms with Crippen LogP contribution in [0.15, 0.2) is 59.7 Å². The van der Waals surface area contributed by atoms with Gasteiger partial charge < -0.3 is 5.11 Å². The minimum Gasteiger partial charge on any atom is -0.478 e. The lowest BCUT2D eigenvalue weighted by atomic mass is 9.65. The molecule has 1 aliphatic rings. The van der Waals surface area contributed by atoms with Gasteiger partial charge in [-0.05, 0) is 30.4 Å². The van der Waals surface area contributed by atoms with Crippen molar-refractivity contribution in [3.8, 4) is 0 Å². The van der Waals surface area contributed by atoms with Gasteiger partial charge in [0, 0.05) is 24.0 Å². The predicted octanol–water partition coefficient (Wildman–Crippen LogP) is 4.66. The van der Waals surface area contributed by atoms with Gasteiger partial charge in [-0.3, -0.25) is 4.79 Å². The van der Waals surface area contributed by atoms with Crippen LogP contribution in [0.2, 0.25) is 0 Å². The second kappa shape index (κ2) is 7.00. The number of aliphatic carboxylic acids is 1. The highest BCUT2D eigenvalue weighted by atomic mass is 16.4. The van der Waals surface area contributed by atoms with Crippen LogP contribution in [0.25, 0.3) is 5.57 Å². The molecule has 3 heteroatoms. The lowest BCUT2D eigenvalue weighted by Crippen LogP contribution is -2.32. The van der Waals surface area contributed by atoms with Crippen LogP contribution in [0.1, 0.15) is 39.7 Å². The van der Waals surface area contributed by atoms with E-state index in [0.29, 0.717) is 12.0 Å². The third kappa shape index (κ3) is 3.91. The first-order valence-electron chi connectivity index (χ1n) is 8.11. The molecule has 0 spiro atoms. The third-order valence-corrected chi connectivity index (χ3v) is 4.56. The molecule has 1 N–H and O–H groups in total. The molecular formula is C21H24O3. The average molecular weight is 324 g/mol. The standard InChI is InChI=1S/C21H24O3/c1-14(12-19(23)24)10-11-17-15(2)20(16-8-6-5-7-9-16)18(22)13-21(17,3)4/h5-12,17H,13H2,1-4H3,(H,23,24)/b11-10+,14-12-. The molecule has 1 aromatic rings. The Morgan fingerprint density at radius 3 is 2.46 bits per heavy atom. The summed E-state index contributed by atoms with van der Waals surface area (Å²) in [6.45, 7) is 7.94. The van der Waals surface area contributed by atoms with Gasteiger partial charge in [0.15, 0.2) is 5.78 Å². The monoisotopic (exact) mass is 324 g/mol. The summed E-state index contributed by atoms with van der Waals surface area (Å²) in [7, 11) is 0. The summed E-state index contributed by atoms with van der Waals surface area (Å²) in [5.74, 6) is -0.693. The van der Waals surface area contributed by atoms with Gasteiger partial charge >= 0.3 is 5.97 Å². The summed E-state index contributed by atoms with van der Waals surface area (Å²) in [6.07, 6.45) is 5.53. The minimum absolute atomic E-state index is 0.0857. The van der Waals surface area contributed by atoms with Gasteiger partial charge in [-0.2, -0.15) is 0 Å². The molecule has 24 heavy (non-hydrogen) atoms. The first kappa shape index (κ1) is 17.9. The molecule has 0 aromatic heterocycles. The molecule has 0 aliphatic heterocycles. The Hall–Kier alpha value is -2.42. The molecule has 0 radical (unpaired) electrons. The molecule has 0 saturated heterocycles. The Bertz CT molecular complexity index is 734. The van der Waals surface area contributed by atoms with E-state index in [9.17, 15) is 9.59 Å². The van der Waals surface area contributed by atoms with Crippen LogP contribution in [-0.2, 0) is 9.59 Å². The summed E-state index contributed by atoms with van der Waals surface area (Å²) < 4.78 is 0. The third-order valence-electron chi connectivity index (χ3n) is 4.56. The van der Waals surface area contributed by atoms with Gasteiger partial charge in [0.25, 0.3) is 0 Å². The van der Waals surface area contributed by atoms with Crippen molar-refractivity contribution in [2.24, 2.45) is 11.3 Å². The zero-order chi connectivity index (χ0) is 17.9. The van der Waals surface area contributed by atoms with Gasteiger partial charge in [0.1, 0.15) is 0 Å².